The number of esters is 1. The number of hydrogen-bond acceptors (Lipinski definition) is 4. The Bertz CT molecular complexity index is 992. The average Bonchev–Trinajstić information content (AvgIpc) is 3.24. The lowest BCUT2D eigenvalue weighted by atomic mass is 10.1. The molecule has 2 aromatic carbocycles. The molecule has 3 aromatic rings. The van der Waals surface area contributed by atoms with Gasteiger partial charge in [0.2, 0.25) is 0 Å². The molecule has 5 heteroatoms. The van der Waals surface area contributed by atoms with E-state index in [1.54, 1.807) is 6.20 Å². The van der Waals surface area contributed by atoms with Gasteiger partial charge in [-0.15, -0.1) is 0 Å². The predicted molar refractivity (Wildman–Crippen MR) is 118 cm³/mol. The van der Waals surface area contributed by atoms with Crippen molar-refractivity contribution in [2.45, 2.75) is 32.6 Å². The molecule has 0 spiro atoms. The molecule has 0 fully saturated rings. The quantitative estimate of drug-likeness (QED) is 0.170. The van der Waals surface area contributed by atoms with Gasteiger partial charge in [-0.1, -0.05) is 60.7 Å². The molecule has 30 heavy (non-hydrogen) atoms. The zero-order valence-electron chi connectivity index (χ0n) is 17.1. The number of Topliss-reactive ketones (excluding diaryl/α,β-unsaturated/α-hetero) is 1. The number of ketones is 1. The van der Waals surface area contributed by atoms with E-state index in [1.165, 1.54) is 18.6 Å². The number of nitrogens with one attached hydrogen (secondary N) is 1. The second-order valence-electron chi connectivity index (χ2n) is 7.10. The molecule has 5 nitrogen and oxygen atoms in total. The SMILES string of the molecule is CC(=O)/C(=C/c1cnc(-c2ccccc2)[nH]1)C(=O)OCCCCCc1ccccc1. The lowest BCUT2D eigenvalue weighted by Crippen LogP contribution is -2.14. The van der Waals surface area contributed by atoms with Crippen molar-refractivity contribution in [3.8, 4) is 11.4 Å². The molecular formula is C25H26N2O3. The first-order valence-corrected chi connectivity index (χ1v) is 10.2. The van der Waals surface area contributed by atoms with Crippen LogP contribution in [-0.2, 0) is 20.7 Å². The molecule has 1 heterocycles. The Kier molecular flexibility index (Phi) is 7.72. The van der Waals surface area contributed by atoms with E-state index in [2.05, 4.69) is 22.1 Å². The Morgan fingerprint density at radius 2 is 1.67 bits per heavy atom. The van der Waals surface area contributed by atoms with E-state index in [4.69, 9.17) is 4.74 Å². The minimum Gasteiger partial charge on any atom is -0.462 e. The van der Waals surface area contributed by atoms with E-state index in [9.17, 15) is 9.59 Å². The summed E-state index contributed by atoms with van der Waals surface area (Å²) in [4.78, 5) is 31.8. The van der Waals surface area contributed by atoms with Crippen molar-refractivity contribution in [1.82, 2.24) is 9.97 Å². The molecule has 0 aliphatic rings. The maximum atomic E-state index is 12.4. The van der Waals surface area contributed by atoms with Crippen LogP contribution in [0.5, 0.6) is 0 Å². The Hall–Kier alpha value is -3.47. The Balaban J connectivity index is 1.50. The first-order chi connectivity index (χ1) is 14.6. The fourth-order valence-corrected chi connectivity index (χ4v) is 3.11. The van der Waals surface area contributed by atoms with Crippen molar-refractivity contribution < 1.29 is 14.3 Å². The number of hydrogen-bond donors (Lipinski definition) is 1. The molecule has 154 valence electrons. The molecule has 0 radical (unpaired) electrons. The van der Waals surface area contributed by atoms with Gasteiger partial charge in [-0.2, -0.15) is 0 Å². The number of aromatic nitrogens is 2. The number of rotatable bonds is 10. The summed E-state index contributed by atoms with van der Waals surface area (Å²) in [6.45, 7) is 1.66. The Labute approximate surface area is 176 Å². The van der Waals surface area contributed by atoms with Gasteiger partial charge in [0.05, 0.1) is 18.5 Å². The van der Waals surface area contributed by atoms with Crippen LogP contribution < -0.4 is 0 Å². The molecular weight excluding hydrogens is 376 g/mol. The van der Waals surface area contributed by atoms with Gasteiger partial charge >= 0.3 is 5.97 Å². The lowest BCUT2D eigenvalue weighted by Gasteiger charge is -2.06. The molecule has 0 saturated heterocycles. The van der Waals surface area contributed by atoms with Crippen LogP contribution in [0.3, 0.4) is 0 Å². The van der Waals surface area contributed by atoms with Crippen molar-refractivity contribution in [3.05, 3.63) is 83.7 Å². The van der Waals surface area contributed by atoms with Crippen LogP contribution in [0.25, 0.3) is 17.5 Å². The van der Waals surface area contributed by atoms with E-state index in [1.807, 2.05) is 48.5 Å². The summed E-state index contributed by atoms with van der Waals surface area (Å²) < 4.78 is 5.32. The fraction of sp³-hybridized carbons (Fsp3) is 0.240. The Morgan fingerprint density at radius 1 is 0.967 bits per heavy atom. The number of carbonyl (C=O) groups is 2. The highest BCUT2D eigenvalue weighted by Gasteiger charge is 2.17. The number of carbonyl (C=O) groups excluding carboxylic acids is 2. The number of benzene rings is 2. The van der Waals surface area contributed by atoms with Crippen LogP contribution in [0.1, 0.15) is 37.4 Å². The second-order valence-corrected chi connectivity index (χ2v) is 7.10. The van der Waals surface area contributed by atoms with E-state index in [-0.39, 0.29) is 11.4 Å². The average molecular weight is 402 g/mol. The van der Waals surface area contributed by atoms with Gasteiger partial charge < -0.3 is 9.72 Å². The first kappa shape index (κ1) is 21.2. The minimum absolute atomic E-state index is 0.0162. The fourth-order valence-electron chi connectivity index (χ4n) is 3.11. The topological polar surface area (TPSA) is 72.0 Å². The highest BCUT2D eigenvalue weighted by Crippen LogP contribution is 2.17. The summed E-state index contributed by atoms with van der Waals surface area (Å²) >= 11 is 0. The Morgan fingerprint density at radius 3 is 2.37 bits per heavy atom. The van der Waals surface area contributed by atoms with Crippen molar-refractivity contribution in [1.29, 1.82) is 0 Å². The van der Waals surface area contributed by atoms with Gasteiger partial charge in [-0.25, -0.2) is 9.78 Å². The second kappa shape index (κ2) is 10.9. The van der Waals surface area contributed by atoms with Crippen LogP contribution in [0, 0.1) is 0 Å². The van der Waals surface area contributed by atoms with E-state index in [0.29, 0.717) is 18.1 Å². The molecule has 0 amide bonds. The summed E-state index contributed by atoms with van der Waals surface area (Å²) in [5.74, 6) is -0.252. The van der Waals surface area contributed by atoms with Gasteiger partial charge in [0.15, 0.2) is 5.78 Å². The molecule has 0 bridgehead atoms. The molecule has 0 atom stereocenters. The monoisotopic (exact) mass is 402 g/mol. The van der Waals surface area contributed by atoms with Gasteiger partial charge in [0.1, 0.15) is 11.4 Å². The lowest BCUT2D eigenvalue weighted by molar-refractivity contribution is -0.140. The van der Waals surface area contributed by atoms with Gasteiger partial charge in [0, 0.05) is 5.56 Å². The maximum Gasteiger partial charge on any atom is 0.341 e. The van der Waals surface area contributed by atoms with Gasteiger partial charge in [0.25, 0.3) is 0 Å². The van der Waals surface area contributed by atoms with Crippen molar-refractivity contribution in [2.75, 3.05) is 6.61 Å². The summed E-state index contributed by atoms with van der Waals surface area (Å²) in [5.41, 5.74) is 2.84. The third kappa shape index (κ3) is 6.27. The zero-order chi connectivity index (χ0) is 21.2. The maximum absolute atomic E-state index is 12.4. The summed E-state index contributed by atoms with van der Waals surface area (Å²) in [6.07, 6.45) is 6.88. The summed E-state index contributed by atoms with van der Waals surface area (Å²) in [6, 6.07) is 20.0. The summed E-state index contributed by atoms with van der Waals surface area (Å²) in [7, 11) is 0. The standard InChI is InChI=1S/C25H26N2O3/c1-19(28)23(17-22-18-26-24(27-22)21-14-8-3-9-15-21)25(29)30-16-10-4-7-13-20-11-5-2-6-12-20/h2-3,5-6,8-9,11-12,14-15,17-18H,4,7,10,13,16H2,1H3,(H,26,27)/b23-17-. The molecule has 1 aromatic heterocycles. The number of imidazole rings is 1. The van der Waals surface area contributed by atoms with Crippen molar-refractivity contribution in [3.63, 3.8) is 0 Å². The van der Waals surface area contributed by atoms with Gasteiger partial charge in [-0.3, -0.25) is 4.79 Å². The smallest absolute Gasteiger partial charge is 0.341 e. The third-order valence-corrected chi connectivity index (χ3v) is 4.73. The number of nitrogens with zero attached hydrogens (tertiary/aromatic N) is 1. The molecule has 0 saturated carbocycles. The van der Waals surface area contributed by atoms with Crippen LogP contribution in [-0.4, -0.2) is 28.3 Å². The van der Waals surface area contributed by atoms with Crippen molar-refractivity contribution >= 4 is 17.8 Å². The van der Waals surface area contributed by atoms with Gasteiger partial charge in [-0.05, 0) is 44.2 Å². The number of ether oxygens (including phenoxy) is 1. The number of aryl methyl sites for hydroxylation is 1. The summed E-state index contributed by atoms with van der Waals surface area (Å²) in [5, 5.41) is 0. The van der Waals surface area contributed by atoms with E-state index in [0.717, 1.165) is 31.2 Å². The molecule has 1 N–H and O–H groups in total. The highest BCUT2D eigenvalue weighted by atomic mass is 16.5. The zero-order valence-corrected chi connectivity index (χ0v) is 17.1. The van der Waals surface area contributed by atoms with Crippen LogP contribution >= 0.6 is 0 Å². The first-order valence-electron chi connectivity index (χ1n) is 10.2. The third-order valence-electron chi connectivity index (χ3n) is 4.73. The van der Waals surface area contributed by atoms with Crippen LogP contribution in [0.15, 0.2) is 72.4 Å². The highest BCUT2D eigenvalue weighted by molar-refractivity contribution is 6.19. The number of aromatic amines is 1. The predicted octanol–water partition coefficient (Wildman–Crippen LogP) is 5.01. The number of H-pyrrole nitrogens is 1. The minimum atomic E-state index is -0.596. The molecule has 3 rings (SSSR count). The molecule has 0 unspecified atom stereocenters. The van der Waals surface area contributed by atoms with E-state index < -0.39 is 5.97 Å². The van der Waals surface area contributed by atoms with E-state index >= 15 is 0 Å². The largest absolute Gasteiger partial charge is 0.462 e. The molecule has 0 aliphatic carbocycles. The van der Waals surface area contributed by atoms with Crippen LogP contribution in [0.4, 0.5) is 0 Å². The normalized spacial score (nSPS) is 11.3. The van der Waals surface area contributed by atoms with Crippen molar-refractivity contribution in [2.24, 2.45) is 0 Å². The number of unbranched alkanes of at least 4 members (excludes halogenated alkanes) is 2. The van der Waals surface area contributed by atoms with Crippen LogP contribution in [0.2, 0.25) is 0 Å². The molecule has 0 aliphatic heterocycles.